The number of likely N-dealkylation sites (tertiary alicyclic amines) is 1. The molecule has 0 spiro atoms. The molecule has 1 aliphatic heterocycles. The van der Waals surface area contributed by atoms with E-state index in [-0.39, 0.29) is 12.3 Å². The molecule has 0 aromatic rings. The normalized spacial score (nSPS) is 18.7. The topological polar surface area (TPSA) is 185 Å². The third-order valence-corrected chi connectivity index (χ3v) is 4.24. The highest BCUT2D eigenvalue weighted by molar-refractivity contribution is 7.80. The van der Waals surface area contributed by atoms with Crippen LogP contribution in [-0.2, 0) is 24.0 Å². The lowest BCUT2D eigenvalue weighted by atomic mass is 10.1. The molecule has 1 aliphatic rings. The van der Waals surface area contributed by atoms with E-state index in [1.165, 1.54) is 4.90 Å². The number of nitrogens with two attached hydrogens (primary N) is 2. The minimum Gasteiger partial charge on any atom is -0.480 e. The van der Waals surface area contributed by atoms with Crippen molar-refractivity contribution < 1.29 is 29.1 Å². The first-order valence-corrected chi connectivity index (χ1v) is 8.55. The van der Waals surface area contributed by atoms with Gasteiger partial charge in [-0.05, 0) is 12.8 Å². The van der Waals surface area contributed by atoms with E-state index >= 15 is 0 Å². The third kappa shape index (κ3) is 6.19. The number of amides is 4. The van der Waals surface area contributed by atoms with Crippen LogP contribution in [0.1, 0.15) is 19.3 Å². The second-order valence-corrected chi connectivity index (χ2v) is 6.19. The van der Waals surface area contributed by atoms with Crippen LogP contribution in [0.15, 0.2) is 0 Å². The van der Waals surface area contributed by atoms with Crippen molar-refractivity contribution >= 4 is 42.2 Å². The van der Waals surface area contributed by atoms with Gasteiger partial charge in [-0.2, -0.15) is 12.6 Å². The summed E-state index contributed by atoms with van der Waals surface area (Å²) in [5.41, 5.74) is 10.6. The van der Waals surface area contributed by atoms with Gasteiger partial charge in [0.1, 0.15) is 12.1 Å². The number of nitrogens with one attached hydrogen (secondary N) is 2. The molecular weight excluding hydrogens is 366 g/mol. The average molecular weight is 389 g/mol. The Labute approximate surface area is 155 Å². The lowest BCUT2D eigenvalue weighted by Crippen LogP contribution is -2.54. The molecule has 1 saturated heterocycles. The Hall–Kier alpha value is -2.34. The number of carbonyl (C=O) groups is 5. The highest BCUT2D eigenvalue weighted by atomic mass is 32.1. The summed E-state index contributed by atoms with van der Waals surface area (Å²) >= 11 is 3.87. The predicted octanol–water partition coefficient (Wildman–Crippen LogP) is -3.20. The first-order chi connectivity index (χ1) is 12.2. The number of aliphatic carboxylic acids is 1. The molecule has 7 N–H and O–H groups in total. The van der Waals surface area contributed by atoms with Gasteiger partial charge in [0, 0.05) is 12.3 Å². The number of thiol groups is 1. The molecule has 11 nitrogen and oxygen atoms in total. The minimum atomic E-state index is -1.30. The fraction of sp³-hybridized carbons (Fsp3) is 0.643. The van der Waals surface area contributed by atoms with Crippen LogP contribution in [0, 0.1) is 0 Å². The molecule has 26 heavy (non-hydrogen) atoms. The molecule has 1 heterocycles. The van der Waals surface area contributed by atoms with E-state index in [1.54, 1.807) is 0 Å². The first-order valence-electron chi connectivity index (χ1n) is 7.92. The SMILES string of the molecule is NC(=O)CC(NC(=O)C(N)CS)C(=O)NCC(=O)N1CCCC1C(=O)O. The van der Waals surface area contributed by atoms with Gasteiger partial charge in [-0.1, -0.05) is 0 Å². The Balaban J connectivity index is 2.65. The van der Waals surface area contributed by atoms with Gasteiger partial charge in [0.15, 0.2) is 0 Å². The molecular formula is C14H23N5O6S. The van der Waals surface area contributed by atoms with E-state index in [4.69, 9.17) is 16.6 Å². The number of hydrogen-bond acceptors (Lipinski definition) is 7. The molecule has 12 heteroatoms. The molecule has 3 unspecified atom stereocenters. The van der Waals surface area contributed by atoms with Crippen LogP contribution in [0.25, 0.3) is 0 Å². The van der Waals surface area contributed by atoms with Crippen LogP contribution < -0.4 is 22.1 Å². The summed E-state index contributed by atoms with van der Waals surface area (Å²) in [6, 6.07) is -3.20. The number of rotatable bonds is 9. The molecule has 0 aromatic carbocycles. The van der Waals surface area contributed by atoms with Gasteiger partial charge in [0.05, 0.1) is 19.0 Å². The minimum absolute atomic E-state index is 0.0285. The Morgan fingerprint density at radius 2 is 1.88 bits per heavy atom. The summed E-state index contributed by atoms with van der Waals surface area (Å²) in [4.78, 5) is 59.5. The van der Waals surface area contributed by atoms with Gasteiger partial charge in [-0.15, -0.1) is 0 Å². The molecule has 0 saturated carbocycles. The van der Waals surface area contributed by atoms with Crippen LogP contribution in [0.2, 0.25) is 0 Å². The average Bonchev–Trinajstić information content (AvgIpc) is 3.07. The van der Waals surface area contributed by atoms with Crippen LogP contribution in [-0.4, -0.2) is 76.6 Å². The zero-order valence-electron chi connectivity index (χ0n) is 14.0. The van der Waals surface area contributed by atoms with E-state index in [2.05, 4.69) is 23.3 Å². The van der Waals surface area contributed by atoms with Crippen molar-refractivity contribution in [3.63, 3.8) is 0 Å². The lowest BCUT2D eigenvalue weighted by Gasteiger charge is -2.23. The predicted molar refractivity (Wildman–Crippen MR) is 93.0 cm³/mol. The highest BCUT2D eigenvalue weighted by Crippen LogP contribution is 2.17. The number of primary amides is 1. The Morgan fingerprint density at radius 3 is 2.42 bits per heavy atom. The smallest absolute Gasteiger partial charge is 0.326 e. The van der Waals surface area contributed by atoms with Gasteiger partial charge >= 0.3 is 5.97 Å². The second kappa shape index (κ2) is 9.97. The number of carbonyl (C=O) groups excluding carboxylic acids is 4. The van der Waals surface area contributed by atoms with E-state index < -0.39 is 60.7 Å². The maximum atomic E-state index is 12.2. The number of hydrogen-bond donors (Lipinski definition) is 6. The fourth-order valence-corrected chi connectivity index (χ4v) is 2.65. The molecule has 0 aromatic heterocycles. The summed E-state index contributed by atoms with van der Waals surface area (Å²) in [6.07, 6.45) is 0.419. The van der Waals surface area contributed by atoms with Crippen molar-refractivity contribution in [3.05, 3.63) is 0 Å². The maximum absolute atomic E-state index is 12.2. The second-order valence-electron chi connectivity index (χ2n) is 5.82. The molecule has 0 aliphatic carbocycles. The molecule has 146 valence electrons. The van der Waals surface area contributed by atoms with Crippen LogP contribution in [0.4, 0.5) is 0 Å². The van der Waals surface area contributed by atoms with Crippen molar-refractivity contribution in [1.82, 2.24) is 15.5 Å². The molecule has 4 amide bonds. The third-order valence-electron chi connectivity index (χ3n) is 3.84. The summed E-state index contributed by atoms with van der Waals surface area (Å²) in [5, 5.41) is 13.6. The van der Waals surface area contributed by atoms with Crippen molar-refractivity contribution in [2.24, 2.45) is 11.5 Å². The van der Waals surface area contributed by atoms with E-state index in [1.807, 2.05) is 0 Å². The van der Waals surface area contributed by atoms with Gasteiger partial charge in [-0.25, -0.2) is 4.79 Å². The summed E-state index contributed by atoms with van der Waals surface area (Å²) < 4.78 is 0. The van der Waals surface area contributed by atoms with E-state index in [9.17, 15) is 24.0 Å². The quantitative estimate of drug-likeness (QED) is 0.224. The van der Waals surface area contributed by atoms with Gasteiger partial charge < -0.3 is 32.1 Å². The summed E-state index contributed by atoms with van der Waals surface area (Å²) in [6.45, 7) is -0.184. The molecule has 0 bridgehead atoms. The molecule has 1 rings (SSSR count). The number of carboxylic acids is 1. The summed E-state index contributed by atoms with van der Waals surface area (Å²) in [7, 11) is 0. The Morgan fingerprint density at radius 1 is 1.23 bits per heavy atom. The Bertz CT molecular complexity index is 586. The van der Waals surface area contributed by atoms with E-state index in [0.717, 1.165) is 0 Å². The number of nitrogens with zero attached hydrogens (tertiary/aromatic N) is 1. The summed E-state index contributed by atoms with van der Waals surface area (Å²) in [5.74, 6) is -3.98. The van der Waals surface area contributed by atoms with Crippen molar-refractivity contribution in [2.75, 3.05) is 18.8 Å². The number of carboxylic acid groups (broad SMARTS) is 1. The maximum Gasteiger partial charge on any atom is 0.326 e. The molecule has 0 radical (unpaired) electrons. The van der Waals surface area contributed by atoms with E-state index in [0.29, 0.717) is 12.8 Å². The van der Waals surface area contributed by atoms with Crippen molar-refractivity contribution in [3.8, 4) is 0 Å². The molecule has 3 atom stereocenters. The molecule has 1 fully saturated rings. The Kier molecular flexibility index (Phi) is 8.32. The van der Waals surface area contributed by atoms with Crippen LogP contribution in [0.3, 0.4) is 0 Å². The zero-order valence-corrected chi connectivity index (χ0v) is 14.9. The van der Waals surface area contributed by atoms with Crippen molar-refractivity contribution in [2.45, 2.75) is 37.4 Å². The van der Waals surface area contributed by atoms with Gasteiger partial charge in [-0.3, -0.25) is 19.2 Å². The standard InChI is InChI=1S/C14H23N5O6S/c15-7(6-26)12(22)18-8(4-10(16)20)13(23)17-5-11(21)19-3-1-2-9(19)14(24)25/h7-9,26H,1-6,15H2,(H2,16,20)(H,17,23)(H,18,22)(H,24,25). The van der Waals surface area contributed by atoms with Gasteiger partial charge in [0.25, 0.3) is 0 Å². The fourth-order valence-electron chi connectivity index (χ4n) is 2.48. The first kappa shape index (κ1) is 21.7. The van der Waals surface area contributed by atoms with Crippen LogP contribution >= 0.6 is 12.6 Å². The van der Waals surface area contributed by atoms with Crippen molar-refractivity contribution in [1.29, 1.82) is 0 Å². The van der Waals surface area contributed by atoms with Gasteiger partial charge in [0.2, 0.25) is 23.6 Å². The lowest BCUT2D eigenvalue weighted by molar-refractivity contribution is -0.148. The van der Waals surface area contributed by atoms with Crippen LogP contribution in [0.5, 0.6) is 0 Å². The zero-order chi connectivity index (χ0) is 19.9. The largest absolute Gasteiger partial charge is 0.480 e. The highest BCUT2D eigenvalue weighted by Gasteiger charge is 2.34. The monoisotopic (exact) mass is 389 g/mol.